The van der Waals surface area contributed by atoms with Crippen LogP contribution >= 0.6 is 38.9 Å². The summed E-state index contributed by atoms with van der Waals surface area (Å²) < 4.78 is 6.90. The van der Waals surface area contributed by atoms with Crippen molar-refractivity contribution in [1.82, 2.24) is 5.32 Å². The van der Waals surface area contributed by atoms with Gasteiger partial charge in [0.1, 0.15) is 4.34 Å². The van der Waals surface area contributed by atoms with Crippen molar-refractivity contribution in [3.63, 3.8) is 0 Å². The van der Waals surface area contributed by atoms with Crippen LogP contribution in [0.4, 0.5) is 0 Å². The first-order chi connectivity index (χ1) is 7.74. The van der Waals surface area contributed by atoms with Gasteiger partial charge in [-0.1, -0.05) is 11.6 Å². The minimum Gasteiger partial charge on any atom is -0.394 e. The Balaban J connectivity index is 2.03. The van der Waals surface area contributed by atoms with Gasteiger partial charge >= 0.3 is 0 Å². The normalized spacial score (nSPS) is 10.9. The molecule has 0 unspecified atom stereocenters. The van der Waals surface area contributed by atoms with E-state index in [2.05, 4.69) is 21.2 Å². The summed E-state index contributed by atoms with van der Waals surface area (Å²) in [5.74, 6) is 0. The van der Waals surface area contributed by atoms with E-state index in [0.717, 1.165) is 28.3 Å². The van der Waals surface area contributed by atoms with E-state index in [0.29, 0.717) is 13.2 Å². The van der Waals surface area contributed by atoms with Crippen molar-refractivity contribution in [2.75, 3.05) is 26.4 Å². The molecule has 6 heteroatoms. The molecule has 0 bridgehead atoms. The van der Waals surface area contributed by atoms with Crippen molar-refractivity contribution in [2.24, 2.45) is 0 Å². The molecule has 0 aliphatic carbocycles. The first kappa shape index (κ1) is 14.4. The molecule has 2 N–H and O–H groups in total. The highest BCUT2D eigenvalue weighted by molar-refractivity contribution is 9.10. The van der Waals surface area contributed by atoms with Crippen molar-refractivity contribution in [2.45, 2.75) is 13.0 Å². The molecule has 16 heavy (non-hydrogen) atoms. The van der Waals surface area contributed by atoms with Gasteiger partial charge in [-0.2, -0.15) is 0 Å². The quantitative estimate of drug-likeness (QED) is 0.721. The maximum Gasteiger partial charge on any atom is 0.107 e. The summed E-state index contributed by atoms with van der Waals surface area (Å²) in [5.41, 5.74) is 0. The molecular formula is C10H15BrClNO2S. The summed E-state index contributed by atoms with van der Waals surface area (Å²) >= 11 is 10.9. The van der Waals surface area contributed by atoms with Crippen LogP contribution in [0.5, 0.6) is 0 Å². The summed E-state index contributed by atoms with van der Waals surface area (Å²) in [6.45, 7) is 2.93. The van der Waals surface area contributed by atoms with Gasteiger partial charge < -0.3 is 15.2 Å². The van der Waals surface area contributed by atoms with E-state index < -0.39 is 0 Å². The number of hydrogen-bond acceptors (Lipinski definition) is 4. The Morgan fingerprint density at radius 1 is 1.50 bits per heavy atom. The smallest absolute Gasteiger partial charge is 0.107 e. The lowest BCUT2D eigenvalue weighted by atomic mass is 10.4. The van der Waals surface area contributed by atoms with E-state index in [-0.39, 0.29) is 6.61 Å². The van der Waals surface area contributed by atoms with Gasteiger partial charge in [-0.15, -0.1) is 11.3 Å². The number of rotatable bonds is 8. The summed E-state index contributed by atoms with van der Waals surface area (Å²) in [4.78, 5) is 1.22. The summed E-state index contributed by atoms with van der Waals surface area (Å²) in [6.07, 6.45) is 0.945. The molecule has 92 valence electrons. The zero-order valence-corrected chi connectivity index (χ0v) is 12.0. The fraction of sp³-hybridized carbons (Fsp3) is 0.600. The van der Waals surface area contributed by atoms with Crippen LogP contribution in [0.15, 0.2) is 10.5 Å². The highest BCUT2D eigenvalue weighted by Crippen LogP contribution is 2.31. The van der Waals surface area contributed by atoms with E-state index in [1.165, 1.54) is 4.88 Å². The minimum atomic E-state index is 0.0924. The maximum absolute atomic E-state index is 8.49. The lowest BCUT2D eigenvalue weighted by Crippen LogP contribution is -2.16. The monoisotopic (exact) mass is 327 g/mol. The van der Waals surface area contributed by atoms with Gasteiger partial charge in [0, 0.05) is 22.5 Å². The zero-order valence-electron chi connectivity index (χ0n) is 8.84. The minimum absolute atomic E-state index is 0.0924. The van der Waals surface area contributed by atoms with Crippen LogP contribution in [-0.4, -0.2) is 31.5 Å². The van der Waals surface area contributed by atoms with E-state index in [1.54, 1.807) is 11.3 Å². The van der Waals surface area contributed by atoms with Gasteiger partial charge in [-0.3, -0.25) is 0 Å². The fourth-order valence-electron chi connectivity index (χ4n) is 1.16. The molecule has 0 amide bonds. The summed E-state index contributed by atoms with van der Waals surface area (Å²) in [5, 5.41) is 11.8. The lowest BCUT2D eigenvalue weighted by Gasteiger charge is -2.03. The second-order valence-electron chi connectivity index (χ2n) is 3.20. The molecule has 0 fully saturated rings. The predicted octanol–water partition coefficient (Wildman–Crippen LogP) is 2.65. The fourth-order valence-corrected chi connectivity index (χ4v) is 2.92. The van der Waals surface area contributed by atoms with Crippen molar-refractivity contribution in [3.8, 4) is 0 Å². The van der Waals surface area contributed by atoms with Crippen LogP contribution < -0.4 is 5.32 Å². The number of halogens is 2. The van der Waals surface area contributed by atoms with Crippen LogP contribution in [0.1, 0.15) is 11.3 Å². The Hall–Kier alpha value is 0.350. The first-order valence-electron chi connectivity index (χ1n) is 5.07. The Morgan fingerprint density at radius 2 is 2.31 bits per heavy atom. The highest BCUT2D eigenvalue weighted by atomic mass is 79.9. The van der Waals surface area contributed by atoms with Gasteiger partial charge in [-0.05, 0) is 35.0 Å². The van der Waals surface area contributed by atoms with E-state index in [9.17, 15) is 0 Å². The van der Waals surface area contributed by atoms with Gasteiger partial charge in [0.05, 0.1) is 13.2 Å². The van der Waals surface area contributed by atoms with Crippen molar-refractivity contribution in [3.05, 3.63) is 19.8 Å². The number of aliphatic hydroxyl groups is 1. The molecular weight excluding hydrogens is 314 g/mol. The molecule has 0 aliphatic rings. The Labute approximate surface area is 113 Å². The average Bonchev–Trinajstić information content (AvgIpc) is 2.57. The van der Waals surface area contributed by atoms with E-state index in [1.807, 2.05) is 6.07 Å². The Kier molecular flexibility index (Phi) is 7.60. The molecule has 0 radical (unpaired) electrons. The topological polar surface area (TPSA) is 41.5 Å². The van der Waals surface area contributed by atoms with Crippen LogP contribution in [0, 0.1) is 0 Å². The molecule has 0 spiro atoms. The maximum atomic E-state index is 8.49. The lowest BCUT2D eigenvalue weighted by molar-refractivity contribution is 0.0907. The third-order valence-corrected chi connectivity index (χ3v) is 4.35. The van der Waals surface area contributed by atoms with Crippen LogP contribution in [0.3, 0.4) is 0 Å². The Bertz CT molecular complexity index is 290. The number of ether oxygens (including phenoxy) is 1. The average molecular weight is 329 g/mol. The molecule has 1 rings (SSSR count). The van der Waals surface area contributed by atoms with Crippen LogP contribution in [0.2, 0.25) is 4.34 Å². The largest absolute Gasteiger partial charge is 0.394 e. The van der Waals surface area contributed by atoms with Gasteiger partial charge in [0.15, 0.2) is 0 Å². The molecule has 0 saturated heterocycles. The third-order valence-electron chi connectivity index (χ3n) is 1.87. The first-order valence-corrected chi connectivity index (χ1v) is 7.06. The van der Waals surface area contributed by atoms with Gasteiger partial charge in [0.25, 0.3) is 0 Å². The Morgan fingerprint density at radius 3 is 2.94 bits per heavy atom. The number of nitrogens with one attached hydrogen (secondary N) is 1. The molecule has 3 nitrogen and oxygen atoms in total. The van der Waals surface area contributed by atoms with E-state index in [4.69, 9.17) is 21.4 Å². The van der Waals surface area contributed by atoms with Gasteiger partial charge in [0.2, 0.25) is 0 Å². The van der Waals surface area contributed by atoms with Gasteiger partial charge in [-0.25, -0.2) is 0 Å². The predicted molar refractivity (Wildman–Crippen MR) is 71.3 cm³/mol. The highest BCUT2D eigenvalue weighted by Gasteiger charge is 2.03. The standard InChI is InChI=1S/C10H15BrClNO2S/c11-9-6-8(16-10(9)12)7-13-2-1-4-15-5-3-14/h6,13-14H,1-5,7H2. The third kappa shape index (κ3) is 5.61. The molecule has 1 aromatic heterocycles. The molecule has 1 aromatic rings. The molecule has 0 saturated carbocycles. The van der Waals surface area contributed by atoms with Crippen LogP contribution in [0.25, 0.3) is 0 Å². The van der Waals surface area contributed by atoms with Crippen molar-refractivity contribution in [1.29, 1.82) is 0 Å². The molecule has 0 aromatic carbocycles. The number of hydrogen-bond donors (Lipinski definition) is 2. The molecule has 0 aliphatic heterocycles. The summed E-state index contributed by atoms with van der Waals surface area (Å²) in [6, 6.07) is 2.03. The second kappa shape index (κ2) is 8.44. The molecule has 0 atom stereocenters. The summed E-state index contributed by atoms with van der Waals surface area (Å²) in [7, 11) is 0. The van der Waals surface area contributed by atoms with Crippen molar-refractivity contribution >= 4 is 38.9 Å². The molecule has 1 heterocycles. The SMILES string of the molecule is OCCOCCCNCc1cc(Br)c(Cl)s1. The zero-order chi connectivity index (χ0) is 11.8. The van der Waals surface area contributed by atoms with E-state index >= 15 is 0 Å². The van der Waals surface area contributed by atoms with Crippen LogP contribution in [-0.2, 0) is 11.3 Å². The second-order valence-corrected chi connectivity index (χ2v) is 5.79. The van der Waals surface area contributed by atoms with Crippen molar-refractivity contribution < 1.29 is 9.84 Å². The number of aliphatic hydroxyl groups excluding tert-OH is 1. The number of thiophene rings is 1.